The molecule has 3 rings (SSSR count). The van der Waals surface area contributed by atoms with Gasteiger partial charge >= 0.3 is 0 Å². The number of rotatable bonds is 0. The molecule has 2 atom stereocenters. The van der Waals surface area contributed by atoms with Crippen LogP contribution in [0.15, 0.2) is 17.1 Å². The third-order valence-corrected chi connectivity index (χ3v) is 4.19. The molecule has 2 nitrogen and oxygen atoms in total. The highest BCUT2D eigenvalue weighted by molar-refractivity contribution is 6.05. The minimum absolute atomic E-state index is 0.183. The number of aliphatic imine (C=N–C) groups is 1. The Hall–Kier alpha value is -1.44. The molecule has 1 fully saturated rings. The fraction of sp³-hybridized carbons (Fsp3) is 0.467. The van der Waals surface area contributed by atoms with Gasteiger partial charge in [-0.15, -0.1) is 0 Å². The van der Waals surface area contributed by atoms with Gasteiger partial charge in [-0.25, -0.2) is 0 Å². The second-order valence-corrected chi connectivity index (χ2v) is 5.30. The standard InChI is InChI=1S/C15H17NO/c1-9-6-13-14(7-10(9)2)16-8-11-4-3-5-12(11)15(13)17/h6-8,11-12H,3-5H2,1-2H3/t11-,12?/m0/s1. The zero-order chi connectivity index (χ0) is 12.0. The van der Waals surface area contributed by atoms with Gasteiger partial charge in [0.1, 0.15) is 0 Å². The normalized spacial score (nSPS) is 26.6. The summed E-state index contributed by atoms with van der Waals surface area (Å²) in [6.45, 7) is 4.13. The first-order valence-corrected chi connectivity index (χ1v) is 6.36. The van der Waals surface area contributed by atoms with Crippen molar-refractivity contribution in [2.45, 2.75) is 33.1 Å². The molecule has 1 aliphatic carbocycles. The van der Waals surface area contributed by atoms with E-state index in [1.165, 1.54) is 11.1 Å². The van der Waals surface area contributed by atoms with Gasteiger partial charge < -0.3 is 0 Å². The Labute approximate surface area is 102 Å². The van der Waals surface area contributed by atoms with Gasteiger partial charge in [0.25, 0.3) is 0 Å². The summed E-state index contributed by atoms with van der Waals surface area (Å²) in [5, 5.41) is 0. The summed E-state index contributed by atoms with van der Waals surface area (Å²) in [7, 11) is 0. The van der Waals surface area contributed by atoms with E-state index in [1.54, 1.807) is 0 Å². The van der Waals surface area contributed by atoms with Gasteiger partial charge in [-0.1, -0.05) is 6.42 Å². The Kier molecular flexibility index (Phi) is 2.39. The van der Waals surface area contributed by atoms with Gasteiger partial charge in [0, 0.05) is 23.6 Å². The average Bonchev–Trinajstić information content (AvgIpc) is 2.73. The quantitative estimate of drug-likeness (QED) is 0.665. The van der Waals surface area contributed by atoms with Gasteiger partial charge in [-0.05, 0) is 49.9 Å². The van der Waals surface area contributed by atoms with Crippen molar-refractivity contribution in [3.8, 4) is 0 Å². The third-order valence-electron chi connectivity index (χ3n) is 4.19. The van der Waals surface area contributed by atoms with Crippen LogP contribution in [0.5, 0.6) is 0 Å². The molecule has 2 aliphatic rings. The zero-order valence-corrected chi connectivity index (χ0v) is 10.4. The van der Waals surface area contributed by atoms with Crippen LogP contribution in [0.4, 0.5) is 5.69 Å². The lowest BCUT2D eigenvalue weighted by molar-refractivity contribution is 0.0912. The van der Waals surface area contributed by atoms with Crippen molar-refractivity contribution < 1.29 is 4.79 Å². The number of ketones is 1. The molecule has 1 aliphatic heterocycles. The highest BCUT2D eigenvalue weighted by Crippen LogP contribution is 2.38. The van der Waals surface area contributed by atoms with Crippen LogP contribution in [0.2, 0.25) is 0 Å². The number of fused-ring (bicyclic) bond motifs is 2. The molecule has 0 aromatic heterocycles. The first kappa shape index (κ1) is 10.7. The van der Waals surface area contributed by atoms with Crippen LogP contribution >= 0.6 is 0 Å². The zero-order valence-electron chi connectivity index (χ0n) is 10.4. The minimum atomic E-state index is 0.183. The number of nitrogens with zero attached hydrogens (tertiary/aromatic N) is 1. The summed E-state index contributed by atoms with van der Waals surface area (Å²) in [5.74, 6) is 0.862. The van der Waals surface area contributed by atoms with Crippen molar-refractivity contribution in [2.24, 2.45) is 16.8 Å². The third kappa shape index (κ3) is 1.63. The van der Waals surface area contributed by atoms with Crippen LogP contribution in [-0.2, 0) is 0 Å². The summed E-state index contributed by atoms with van der Waals surface area (Å²) < 4.78 is 0. The lowest BCUT2D eigenvalue weighted by Gasteiger charge is -2.13. The second kappa shape index (κ2) is 3.80. The monoisotopic (exact) mass is 227 g/mol. The predicted molar refractivity (Wildman–Crippen MR) is 69.2 cm³/mol. The molecular formula is C15H17NO. The van der Waals surface area contributed by atoms with Gasteiger partial charge in [0.15, 0.2) is 5.78 Å². The summed E-state index contributed by atoms with van der Waals surface area (Å²) in [5.41, 5.74) is 4.09. The summed E-state index contributed by atoms with van der Waals surface area (Å²) in [4.78, 5) is 17.0. The number of benzene rings is 1. The molecule has 0 spiro atoms. The number of carbonyl (C=O) groups excluding carboxylic acids is 1. The fourth-order valence-corrected chi connectivity index (χ4v) is 2.97. The molecule has 1 aromatic carbocycles. The maximum Gasteiger partial charge on any atom is 0.168 e. The van der Waals surface area contributed by atoms with Crippen LogP contribution in [0.1, 0.15) is 40.7 Å². The molecule has 0 N–H and O–H groups in total. The summed E-state index contributed by atoms with van der Waals surface area (Å²) >= 11 is 0. The van der Waals surface area contributed by atoms with E-state index in [0.29, 0.717) is 11.7 Å². The Morgan fingerprint density at radius 2 is 1.94 bits per heavy atom. The number of aryl methyl sites for hydroxylation is 2. The topological polar surface area (TPSA) is 29.4 Å². The molecule has 2 heteroatoms. The SMILES string of the molecule is Cc1cc2c(cc1C)C(=O)C1CCC[C@H]1C=N2. The Morgan fingerprint density at radius 1 is 1.18 bits per heavy atom. The largest absolute Gasteiger partial charge is 0.294 e. The summed E-state index contributed by atoms with van der Waals surface area (Å²) in [6.07, 6.45) is 5.32. The maximum atomic E-state index is 12.5. The van der Waals surface area contributed by atoms with E-state index in [-0.39, 0.29) is 5.92 Å². The Morgan fingerprint density at radius 3 is 2.76 bits per heavy atom. The van der Waals surface area contributed by atoms with E-state index < -0.39 is 0 Å². The fourth-order valence-electron chi connectivity index (χ4n) is 2.97. The molecule has 1 saturated carbocycles. The lowest BCUT2D eigenvalue weighted by atomic mass is 9.88. The molecule has 1 heterocycles. The van der Waals surface area contributed by atoms with Gasteiger partial charge in [0.2, 0.25) is 0 Å². The molecule has 1 aromatic rings. The van der Waals surface area contributed by atoms with E-state index in [9.17, 15) is 4.79 Å². The first-order chi connectivity index (χ1) is 8.16. The van der Waals surface area contributed by atoms with Gasteiger partial charge in [0.05, 0.1) is 5.69 Å². The number of Topliss-reactive ketones (excluding diaryl/α,β-unsaturated/α-hetero) is 1. The van der Waals surface area contributed by atoms with Crippen molar-refractivity contribution >= 4 is 17.7 Å². The van der Waals surface area contributed by atoms with E-state index in [1.807, 2.05) is 18.3 Å². The smallest absolute Gasteiger partial charge is 0.168 e. The molecule has 0 saturated heterocycles. The molecule has 88 valence electrons. The van der Waals surface area contributed by atoms with Crippen LogP contribution in [0, 0.1) is 25.7 Å². The average molecular weight is 227 g/mol. The van der Waals surface area contributed by atoms with Crippen molar-refractivity contribution in [3.05, 3.63) is 28.8 Å². The number of hydrogen-bond acceptors (Lipinski definition) is 2. The van der Waals surface area contributed by atoms with Crippen LogP contribution in [0.3, 0.4) is 0 Å². The highest BCUT2D eigenvalue weighted by atomic mass is 16.1. The van der Waals surface area contributed by atoms with Crippen molar-refractivity contribution in [1.29, 1.82) is 0 Å². The molecule has 0 radical (unpaired) electrons. The molecule has 1 unspecified atom stereocenters. The number of hydrogen-bond donors (Lipinski definition) is 0. The van der Waals surface area contributed by atoms with E-state index in [0.717, 1.165) is 30.5 Å². The van der Waals surface area contributed by atoms with Crippen molar-refractivity contribution in [1.82, 2.24) is 0 Å². The molecule has 0 bridgehead atoms. The van der Waals surface area contributed by atoms with E-state index in [2.05, 4.69) is 18.8 Å². The van der Waals surface area contributed by atoms with Crippen LogP contribution < -0.4 is 0 Å². The second-order valence-electron chi connectivity index (χ2n) is 5.30. The van der Waals surface area contributed by atoms with Gasteiger partial charge in [-0.2, -0.15) is 0 Å². The predicted octanol–water partition coefficient (Wildman–Crippen LogP) is 3.62. The molecule has 0 amide bonds. The van der Waals surface area contributed by atoms with E-state index >= 15 is 0 Å². The Balaban J connectivity index is 2.15. The molecule has 17 heavy (non-hydrogen) atoms. The van der Waals surface area contributed by atoms with Gasteiger partial charge in [-0.3, -0.25) is 9.79 Å². The molecular weight excluding hydrogens is 210 g/mol. The van der Waals surface area contributed by atoms with Crippen molar-refractivity contribution in [3.63, 3.8) is 0 Å². The Bertz CT molecular complexity index is 516. The van der Waals surface area contributed by atoms with Crippen LogP contribution in [0.25, 0.3) is 0 Å². The lowest BCUT2D eigenvalue weighted by Crippen LogP contribution is -2.18. The van der Waals surface area contributed by atoms with Crippen molar-refractivity contribution in [2.75, 3.05) is 0 Å². The maximum absolute atomic E-state index is 12.5. The first-order valence-electron chi connectivity index (χ1n) is 6.36. The van der Waals surface area contributed by atoms with E-state index in [4.69, 9.17) is 0 Å². The highest BCUT2D eigenvalue weighted by Gasteiger charge is 2.35. The van der Waals surface area contributed by atoms with Crippen LogP contribution in [-0.4, -0.2) is 12.0 Å². The summed E-state index contributed by atoms with van der Waals surface area (Å²) in [6, 6.07) is 4.06. The minimum Gasteiger partial charge on any atom is -0.294 e. The number of carbonyl (C=O) groups is 1.